The number of nitrogens with one attached hydrogen (secondary N) is 1. The highest BCUT2D eigenvalue weighted by molar-refractivity contribution is 7.15. The molecular formula is C16H20N4OS. The second-order valence-electron chi connectivity index (χ2n) is 5.64. The second-order valence-corrected chi connectivity index (χ2v) is 6.64. The summed E-state index contributed by atoms with van der Waals surface area (Å²) in [5, 5.41) is 12.8. The quantitative estimate of drug-likeness (QED) is 0.907. The third kappa shape index (κ3) is 3.51. The van der Waals surface area contributed by atoms with E-state index >= 15 is 0 Å². The Balaban J connectivity index is 1.64. The van der Waals surface area contributed by atoms with Gasteiger partial charge in [-0.25, -0.2) is 0 Å². The Hall–Kier alpha value is -1.79. The molecule has 0 bridgehead atoms. The van der Waals surface area contributed by atoms with E-state index in [-0.39, 0.29) is 5.91 Å². The molecule has 116 valence electrons. The molecule has 1 saturated carbocycles. The first-order valence-electron chi connectivity index (χ1n) is 7.70. The molecular weight excluding hydrogens is 296 g/mol. The van der Waals surface area contributed by atoms with Gasteiger partial charge in [-0.1, -0.05) is 42.7 Å². The summed E-state index contributed by atoms with van der Waals surface area (Å²) in [6.07, 6.45) is 6.21. The highest BCUT2D eigenvalue weighted by atomic mass is 32.1. The molecule has 0 spiro atoms. The largest absolute Gasteiger partial charge is 0.326 e. The summed E-state index contributed by atoms with van der Waals surface area (Å²) < 4.78 is 0. The summed E-state index contributed by atoms with van der Waals surface area (Å²) >= 11 is 1.50. The maximum absolute atomic E-state index is 12.2. The zero-order valence-electron chi connectivity index (χ0n) is 12.4. The van der Waals surface area contributed by atoms with Crippen molar-refractivity contribution in [3.05, 3.63) is 40.4 Å². The van der Waals surface area contributed by atoms with Crippen LogP contribution in [0.15, 0.2) is 24.3 Å². The molecule has 6 heteroatoms. The monoisotopic (exact) mass is 316 g/mol. The maximum atomic E-state index is 12.2. The number of hydrogen-bond donors (Lipinski definition) is 2. The summed E-state index contributed by atoms with van der Waals surface area (Å²) in [4.78, 5) is 12.2. The van der Waals surface area contributed by atoms with Crippen molar-refractivity contribution >= 4 is 22.4 Å². The van der Waals surface area contributed by atoms with Gasteiger partial charge in [-0.3, -0.25) is 10.1 Å². The number of anilines is 1. The van der Waals surface area contributed by atoms with Crippen molar-refractivity contribution in [1.29, 1.82) is 0 Å². The minimum atomic E-state index is -0.157. The lowest BCUT2D eigenvalue weighted by molar-refractivity contribution is 0.102. The fourth-order valence-electron chi connectivity index (χ4n) is 2.76. The molecule has 0 saturated heterocycles. The van der Waals surface area contributed by atoms with Crippen LogP contribution in [0.25, 0.3) is 0 Å². The SMILES string of the molecule is NCc1ccc(C(=O)Nc2nnc(C3CCCCC3)s2)cc1. The molecule has 1 fully saturated rings. The third-order valence-corrected chi connectivity index (χ3v) is 5.07. The Bertz CT molecular complexity index is 632. The third-order valence-electron chi connectivity index (χ3n) is 4.07. The van der Waals surface area contributed by atoms with Crippen molar-refractivity contribution in [3.8, 4) is 0 Å². The number of carbonyl (C=O) groups excluding carboxylic acids is 1. The first-order chi connectivity index (χ1) is 10.8. The minimum Gasteiger partial charge on any atom is -0.326 e. The lowest BCUT2D eigenvalue weighted by atomic mass is 9.90. The van der Waals surface area contributed by atoms with Crippen LogP contribution in [0.1, 0.15) is 59.0 Å². The normalized spacial score (nSPS) is 15.7. The molecule has 22 heavy (non-hydrogen) atoms. The first kappa shape index (κ1) is 15.1. The van der Waals surface area contributed by atoms with Crippen LogP contribution in [-0.4, -0.2) is 16.1 Å². The Labute approximate surface area is 134 Å². The fraction of sp³-hybridized carbons (Fsp3) is 0.438. The Kier molecular flexibility index (Phi) is 4.80. The van der Waals surface area contributed by atoms with Crippen LogP contribution in [0, 0.1) is 0 Å². The number of hydrogen-bond acceptors (Lipinski definition) is 5. The van der Waals surface area contributed by atoms with Gasteiger partial charge in [0.05, 0.1) is 0 Å². The molecule has 1 aliphatic rings. The molecule has 0 radical (unpaired) electrons. The highest BCUT2D eigenvalue weighted by Gasteiger charge is 2.20. The van der Waals surface area contributed by atoms with E-state index in [1.54, 1.807) is 12.1 Å². The second kappa shape index (κ2) is 6.98. The van der Waals surface area contributed by atoms with Crippen LogP contribution in [0.5, 0.6) is 0 Å². The summed E-state index contributed by atoms with van der Waals surface area (Å²) in [5.41, 5.74) is 7.17. The molecule has 1 heterocycles. The smallest absolute Gasteiger partial charge is 0.257 e. The van der Waals surface area contributed by atoms with Crippen molar-refractivity contribution in [1.82, 2.24) is 10.2 Å². The van der Waals surface area contributed by atoms with E-state index in [0.717, 1.165) is 10.6 Å². The van der Waals surface area contributed by atoms with Gasteiger partial charge in [0.25, 0.3) is 5.91 Å². The molecule has 5 nitrogen and oxygen atoms in total. The predicted molar refractivity (Wildman–Crippen MR) is 88.0 cm³/mol. The molecule has 0 unspecified atom stereocenters. The summed E-state index contributed by atoms with van der Waals surface area (Å²) in [7, 11) is 0. The van der Waals surface area contributed by atoms with Gasteiger partial charge in [0.2, 0.25) is 5.13 Å². The van der Waals surface area contributed by atoms with Gasteiger partial charge in [0.1, 0.15) is 5.01 Å². The summed E-state index contributed by atoms with van der Waals surface area (Å²) in [6.45, 7) is 0.475. The van der Waals surface area contributed by atoms with Gasteiger partial charge < -0.3 is 5.73 Å². The summed E-state index contributed by atoms with van der Waals surface area (Å²) in [6, 6.07) is 7.28. The fourth-order valence-corrected chi connectivity index (χ4v) is 3.67. The predicted octanol–water partition coefficient (Wildman–Crippen LogP) is 3.30. The van der Waals surface area contributed by atoms with E-state index in [2.05, 4.69) is 15.5 Å². The minimum absolute atomic E-state index is 0.157. The Morgan fingerprint density at radius 1 is 1.18 bits per heavy atom. The van der Waals surface area contributed by atoms with Gasteiger partial charge in [0.15, 0.2) is 0 Å². The number of amides is 1. The van der Waals surface area contributed by atoms with Crippen LogP contribution < -0.4 is 11.1 Å². The van der Waals surface area contributed by atoms with Crippen LogP contribution in [-0.2, 0) is 6.54 Å². The summed E-state index contributed by atoms with van der Waals surface area (Å²) in [5.74, 6) is 0.357. The van der Waals surface area contributed by atoms with Crippen molar-refractivity contribution < 1.29 is 4.79 Å². The number of benzene rings is 1. The van der Waals surface area contributed by atoms with Crippen LogP contribution in [0.2, 0.25) is 0 Å². The zero-order valence-corrected chi connectivity index (χ0v) is 13.2. The molecule has 1 aromatic heterocycles. The van der Waals surface area contributed by atoms with E-state index in [9.17, 15) is 4.79 Å². The molecule has 3 rings (SSSR count). The van der Waals surface area contributed by atoms with Gasteiger partial charge >= 0.3 is 0 Å². The molecule has 1 aliphatic carbocycles. The van der Waals surface area contributed by atoms with Crippen LogP contribution in [0.4, 0.5) is 5.13 Å². The van der Waals surface area contributed by atoms with Gasteiger partial charge in [-0.2, -0.15) is 0 Å². The van der Waals surface area contributed by atoms with Crippen molar-refractivity contribution in [3.63, 3.8) is 0 Å². The van der Waals surface area contributed by atoms with E-state index in [4.69, 9.17) is 5.73 Å². The maximum Gasteiger partial charge on any atom is 0.257 e. The van der Waals surface area contributed by atoms with Crippen molar-refractivity contribution in [2.75, 3.05) is 5.32 Å². The number of aromatic nitrogens is 2. The number of carbonyl (C=O) groups is 1. The Morgan fingerprint density at radius 2 is 1.91 bits per heavy atom. The van der Waals surface area contributed by atoms with E-state index in [1.165, 1.54) is 43.4 Å². The molecule has 3 N–H and O–H groups in total. The van der Waals surface area contributed by atoms with Crippen molar-refractivity contribution in [2.24, 2.45) is 5.73 Å². The molecule has 1 amide bonds. The molecule has 0 aliphatic heterocycles. The van der Waals surface area contributed by atoms with Crippen molar-refractivity contribution in [2.45, 2.75) is 44.6 Å². The van der Waals surface area contributed by atoms with E-state index < -0.39 is 0 Å². The van der Waals surface area contributed by atoms with Gasteiger partial charge in [0, 0.05) is 18.0 Å². The topological polar surface area (TPSA) is 80.9 Å². The average Bonchev–Trinajstić information content (AvgIpc) is 3.04. The van der Waals surface area contributed by atoms with E-state index in [1.807, 2.05) is 12.1 Å². The average molecular weight is 316 g/mol. The van der Waals surface area contributed by atoms with Crippen LogP contribution >= 0.6 is 11.3 Å². The van der Waals surface area contributed by atoms with Crippen LogP contribution in [0.3, 0.4) is 0 Å². The first-order valence-corrected chi connectivity index (χ1v) is 8.51. The highest BCUT2D eigenvalue weighted by Crippen LogP contribution is 2.35. The van der Waals surface area contributed by atoms with E-state index in [0.29, 0.717) is 23.2 Å². The lowest BCUT2D eigenvalue weighted by Crippen LogP contribution is -2.11. The number of nitrogens with zero attached hydrogens (tertiary/aromatic N) is 2. The van der Waals surface area contributed by atoms with Gasteiger partial charge in [-0.05, 0) is 30.5 Å². The lowest BCUT2D eigenvalue weighted by Gasteiger charge is -2.18. The number of rotatable bonds is 4. The molecule has 1 aromatic carbocycles. The number of nitrogens with two attached hydrogens (primary N) is 1. The zero-order chi connectivity index (χ0) is 15.4. The standard InChI is InChI=1S/C16H20N4OS/c17-10-11-6-8-12(9-7-11)14(21)18-16-20-19-15(22-16)13-4-2-1-3-5-13/h6-9,13H,1-5,10,17H2,(H,18,20,21). The van der Waals surface area contributed by atoms with Gasteiger partial charge in [-0.15, -0.1) is 10.2 Å². The molecule has 2 aromatic rings. The Morgan fingerprint density at radius 3 is 2.59 bits per heavy atom. The molecule has 0 atom stereocenters.